The Balaban J connectivity index is 2.02. The van der Waals surface area contributed by atoms with Crippen molar-refractivity contribution in [1.82, 2.24) is 4.98 Å². The number of benzene rings is 1. The molecule has 2 unspecified atom stereocenters. The lowest BCUT2D eigenvalue weighted by Gasteiger charge is -2.24. The van der Waals surface area contributed by atoms with Gasteiger partial charge in [0, 0.05) is 24.4 Å². The lowest BCUT2D eigenvalue weighted by Crippen LogP contribution is -2.19. The maximum atomic E-state index is 13.1. The second-order valence-corrected chi connectivity index (χ2v) is 10.1. The number of carbonyl (C=O) groups is 1. The molecule has 2 atom stereocenters. The number of nitrogens with zero attached hydrogens (tertiary/aromatic N) is 1. The van der Waals surface area contributed by atoms with E-state index in [0.29, 0.717) is 46.6 Å². The van der Waals surface area contributed by atoms with Gasteiger partial charge in [0.15, 0.2) is 5.13 Å². The molecule has 2 aromatic rings. The van der Waals surface area contributed by atoms with Crippen LogP contribution in [0, 0.1) is 0 Å². The van der Waals surface area contributed by atoms with E-state index in [1.165, 1.54) is 17.6 Å². The second kappa shape index (κ2) is 9.46. The summed E-state index contributed by atoms with van der Waals surface area (Å²) in [5, 5.41) is 5.29. The van der Waals surface area contributed by atoms with Gasteiger partial charge < -0.3 is 14.0 Å². The van der Waals surface area contributed by atoms with Gasteiger partial charge in [0.1, 0.15) is 16.8 Å². The van der Waals surface area contributed by atoms with Crippen LogP contribution in [0.15, 0.2) is 40.4 Å². The molecular formula is C19H24ClN2O5S2+. The van der Waals surface area contributed by atoms with Gasteiger partial charge in [0.05, 0.1) is 30.1 Å². The fraction of sp³-hybridized carbons (Fsp3) is 0.368. The average molecular weight is 460 g/mol. The molecule has 7 nitrogen and oxygen atoms in total. The third kappa shape index (κ3) is 5.50. The predicted octanol–water partition coefficient (Wildman–Crippen LogP) is 4.27. The molecule has 1 saturated heterocycles. The highest BCUT2D eigenvalue weighted by atomic mass is 35.5. The first-order valence-electron chi connectivity index (χ1n) is 9.03. The molecule has 1 aliphatic rings. The van der Waals surface area contributed by atoms with Crippen molar-refractivity contribution >= 4 is 50.1 Å². The van der Waals surface area contributed by atoms with Crippen LogP contribution in [0.2, 0.25) is 5.02 Å². The summed E-state index contributed by atoms with van der Waals surface area (Å²) in [6, 6.07) is 4.86. The lowest BCUT2D eigenvalue weighted by atomic mass is 10.0. The van der Waals surface area contributed by atoms with E-state index in [4.69, 9.17) is 25.6 Å². The number of allylic oxidation sites excluding steroid dienone is 1. The number of rotatable bonds is 7. The summed E-state index contributed by atoms with van der Waals surface area (Å²) in [5.41, 5.74) is 0.898. The van der Waals surface area contributed by atoms with E-state index >= 15 is 0 Å². The molecule has 1 aromatic heterocycles. The lowest BCUT2D eigenvalue weighted by molar-refractivity contribution is -0.111. The van der Waals surface area contributed by atoms with Crippen LogP contribution < -0.4 is 5.32 Å². The number of nitrogens with one attached hydrogen (secondary N) is 1. The normalized spacial score (nSPS) is 20.5. The van der Waals surface area contributed by atoms with Gasteiger partial charge in [0.2, 0.25) is 0 Å². The number of hydrogen-bond donors (Lipinski definition) is 2. The Morgan fingerprint density at radius 2 is 2.34 bits per heavy atom. The molecule has 0 spiro atoms. The van der Waals surface area contributed by atoms with Gasteiger partial charge >= 0.3 is 0 Å². The van der Waals surface area contributed by atoms with Crippen molar-refractivity contribution in [2.24, 2.45) is 0 Å². The van der Waals surface area contributed by atoms with Gasteiger partial charge in [-0.15, -0.1) is 11.3 Å². The van der Waals surface area contributed by atoms with E-state index in [9.17, 15) is 9.35 Å². The fourth-order valence-corrected chi connectivity index (χ4v) is 4.90. The third-order valence-electron chi connectivity index (χ3n) is 4.33. The first-order chi connectivity index (χ1) is 13.8. The molecule has 0 saturated carbocycles. The van der Waals surface area contributed by atoms with E-state index in [1.807, 2.05) is 6.92 Å². The molecule has 10 heteroatoms. The molecule has 29 heavy (non-hydrogen) atoms. The number of anilines is 1. The van der Waals surface area contributed by atoms with Gasteiger partial charge in [-0.25, -0.2) is 4.98 Å². The van der Waals surface area contributed by atoms with E-state index in [-0.39, 0.29) is 17.0 Å². The van der Waals surface area contributed by atoms with Crippen molar-refractivity contribution < 1.29 is 23.4 Å². The van der Waals surface area contributed by atoms with Crippen molar-refractivity contribution in [3.8, 4) is 0 Å². The fourth-order valence-electron chi connectivity index (χ4n) is 2.97. The van der Waals surface area contributed by atoms with Gasteiger partial charge in [0.25, 0.3) is 5.91 Å². The first-order valence-corrected chi connectivity index (χ1v) is 12.3. The highest BCUT2D eigenvalue weighted by Gasteiger charge is 2.26. The Labute approximate surface area is 180 Å². The summed E-state index contributed by atoms with van der Waals surface area (Å²) in [5.74, 6) is 0.174. The number of hydrogen-bond acceptors (Lipinski definition) is 6. The summed E-state index contributed by atoms with van der Waals surface area (Å²) in [6.07, 6.45) is 4.18. The van der Waals surface area contributed by atoms with Crippen molar-refractivity contribution in [1.29, 1.82) is 0 Å². The summed E-state index contributed by atoms with van der Waals surface area (Å²) in [7, 11) is -2.74. The van der Waals surface area contributed by atoms with Crippen molar-refractivity contribution in [2.45, 2.75) is 30.8 Å². The smallest absolute Gasteiger partial charge is 0.261 e. The van der Waals surface area contributed by atoms with Gasteiger partial charge in [-0.2, -0.15) is 0 Å². The molecule has 0 bridgehead atoms. The molecule has 3 rings (SSSR count). The van der Waals surface area contributed by atoms with E-state index in [1.54, 1.807) is 29.8 Å². The quantitative estimate of drug-likeness (QED) is 0.365. The highest BCUT2D eigenvalue weighted by molar-refractivity contribution is 8.23. The molecule has 0 radical (unpaired) electrons. The van der Waals surface area contributed by atoms with Gasteiger partial charge in [-0.3, -0.25) is 14.7 Å². The van der Waals surface area contributed by atoms with Crippen LogP contribution >= 0.6 is 33.5 Å². The Morgan fingerprint density at radius 1 is 1.55 bits per heavy atom. The molecule has 1 aliphatic heterocycles. The van der Waals surface area contributed by atoms with Crippen LogP contribution in [0.4, 0.5) is 5.13 Å². The zero-order valence-corrected chi connectivity index (χ0v) is 18.5. The Kier molecular flexibility index (Phi) is 7.20. The maximum Gasteiger partial charge on any atom is 0.261 e. The minimum absolute atomic E-state index is 0.110. The molecule has 1 amide bonds. The second-order valence-electron chi connectivity index (χ2n) is 6.57. The number of carbonyl (C=O) groups excluding carboxylic acids is 1. The van der Waals surface area contributed by atoms with Crippen LogP contribution in [0.5, 0.6) is 0 Å². The SMILES string of the molecule is CC/C(OC1CCOC1)=C(\C(=O)Nc1nccs1)c1ccc(S(C)(O)[OH2+])c(Cl)c1. The minimum atomic E-state index is -2.74. The molecule has 1 fully saturated rings. The highest BCUT2D eigenvalue weighted by Crippen LogP contribution is 2.48. The first kappa shape index (κ1) is 22.1. The van der Waals surface area contributed by atoms with Crippen molar-refractivity contribution in [3.63, 3.8) is 0 Å². The Bertz CT molecular complexity index is 890. The summed E-state index contributed by atoms with van der Waals surface area (Å²) in [4.78, 5) is 17.6. The summed E-state index contributed by atoms with van der Waals surface area (Å²) >= 11 is 7.66. The minimum Gasteiger partial charge on any atom is -0.491 e. The number of ether oxygens (including phenoxy) is 2. The third-order valence-corrected chi connectivity index (χ3v) is 6.65. The van der Waals surface area contributed by atoms with Crippen molar-refractivity contribution in [2.75, 3.05) is 24.8 Å². The zero-order valence-electron chi connectivity index (χ0n) is 16.1. The van der Waals surface area contributed by atoms with E-state index in [2.05, 4.69) is 10.3 Å². The molecule has 1 aromatic carbocycles. The van der Waals surface area contributed by atoms with Crippen molar-refractivity contribution in [3.05, 3.63) is 46.1 Å². The number of aromatic nitrogens is 1. The average Bonchev–Trinajstić information content (AvgIpc) is 3.34. The maximum absolute atomic E-state index is 13.1. The van der Waals surface area contributed by atoms with Gasteiger partial charge in [-0.1, -0.05) is 35.2 Å². The molecule has 0 aliphatic carbocycles. The van der Waals surface area contributed by atoms with E-state index in [0.717, 1.165) is 6.42 Å². The van der Waals surface area contributed by atoms with Crippen LogP contribution in [0.1, 0.15) is 25.3 Å². The standard InChI is InChI=1S/C19H23ClN2O5S2/c1-3-15(27-13-6-8-26-11-13)17(18(23)22-19-21-7-9-28-19)12-4-5-16(14(20)10-12)29(2,24)25/h4-5,7,9-10,13,24-25H,3,6,8,11H2,1-2H3,(H,21,22,23)/p+1/b17-15+. The van der Waals surface area contributed by atoms with Crippen LogP contribution in [0.25, 0.3) is 5.57 Å². The molecule has 158 valence electrons. The zero-order chi connectivity index (χ0) is 21.0. The monoisotopic (exact) mass is 459 g/mol. The number of thiazole rings is 1. The van der Waals surface area contributed by atoms with Gasteiger partial charge in [-0.05, 0) is 17.7 Å². The topological polar surface area (TPSA) is 104 Å². The van der Waals surface area contributed by atoms with Crippen LogP contribution in [-0.4, -0.2) is 45.6 Å². The summed E-state index contributed by atoms with van der Waals surface area (Å²) in [6.45, 7) is 3.02. The van der Waals surface area contributed by atoms with Crippen LogP contribution in [0.3, 0.4) is 0 Å². The molecule has 2 heterocycles. The number of halogens is 1. The number of amides is 1. The largest absolute Gasteiger partial charge is 0.491 e. The van der Waals surface area contributed by atoms with E-state index < -0.39 is 10.6 Å². The Hall–Kier alpha value is -1.62. The Morgan fingerprint density at radius 3 is 2.90 bits per heavy atom. The van der Waals surface area contributed by atoms with Crippen LogP contribution in [-0.2, 0) is 14.3 Å². The molecular weight excluding hydrogens is 436 g/mol. The summed E-state index contributed by atoms with van der Waals surface area (Å²) < 4.78 is 29.4. The molecule has 4 N–H and O–H groups in total. The predicted molar refractivity (Wildman–Crippen MR) is 118 cm³/mol.